The lowest BCUT2D eigenvalue weighted by Gasteiger charge is -2.16. The van der Waals surface area contributed by atoms with Crippen molar-refractivity contribution >= 4 is 15.7 Å². The van der Waals surface area contributed by atoms with E-state index < -0.39 is 26.5 Å². The minimum Gasteiger partial charge on any atom is -0.258 e. The van der Waals surface area contributed by atoms with E-state index in [0.717, 1.165) is 16.4 Å². The molecule has 0 bridgehead atoms. The van der Waals surface area contributed by atoms with Gasteiger partial charge in [0.05, 0.1) is 9.82 Å². The van der Waals surface area contributed by atoms with E-state index >= 15 is 0 Å². The Labute approximate surface area is 116 Å². The van der Waals surface area contributed by atoms with Gasteiger partial charge in [-0.15, -0.1) is 6.58 Å². The van der Waals surface area contributed by atoms with Crippen LogP contribution in [0.2, 0.25) is 0 Å². The number of allylic oxidation sites excluding steroid dienone is 1. The first kappa shape index (κ1) is 16.3. The predicted molar refractivity (Wildman–Crippen MR) is 72.3 cm³/mol. The second-order valence-corrected chi connectivity index (χ2v) is 6.17. The smallest absolute Gasteiger partial charge is 0.258 e. The minimum atomic E-state index is -3.85. The fourth-order valence-corrected chi connectivity index (χ4v) is 2.78. The summed E-state index contributed by atoms with van der Waals surface area (Å²) in [6.07, 6.45) is 2.93. The van der Waals surface area contributed by atoms with Crippen LogP contribution in [0.1, 0.15) is 12.8 Å². The van der Waals surface area contributed by atoms with Gasteiger partial charge in [0.2, 0.25) is 15.8 Å². The maximum Gasteiger partial charge on any atom is 0.304 e. The second-order valence-electron chi connectivity index (χ2n) is 4.13. The van der Waals surface area contributed by atoms with E-state index in [0.29, 0.717) is 18.9 Å². The molecule has 0 unspecified atom stereocenters. The zero-order valence-electron chi connectivity index (χ0n) is 11.0. The number of nitro benzene ring substituents is 1. The summed E-state index contributed by atoms with van der Waals surface area (Å²) in [5.74, 6) is -1.17. The Hall–Kier alpha value is -1.80. The number of hydrogen-bond donors (Lipinski definition) is 0. The van der Waals surface area contributed by atoms with Gasteiger partial charge in [-0.2, -0.15) is 4.39 Å². The van der Waals surface area contributed by atoms with E-state index in [1.54, 1.807) is 6.08 Å². The summed E-state index contributed by atoms with van der Waals surface area (Å²) in [6, 6.07) is 2.54. The topological polar surface area (TPSA) is 80.5 Å². The van der Waals surface area contributed by atoms with E-state index in [9.17, 15) is 22.9 Å². The molecule has 1 aromatic carbocycles. The lowest BCUT2D eigenvalue weighted by molar-refractivity contribution is -0.387. The summed E-state index contributed by atoms with van der Waals surface area (Å²) >= 11 is 0. The Morgan fingerprint density at radius 2 is 2.15 bits per heavy atom. The van der Waals surface area contributed by atoms with Crippen molar-refractivity contribution in [3.8, 4) is 0 Å². The van der Waals surface area contributed by atoms with Crippen molar-refractivity contribution in [1.29, 1.82) is 0 Å². The molecule has 0 saturated carbocycles. The second kappa shape index (κ2) is 6.58. The summed E-state index contributed by atoms with van der Waals surface area (Å²) in [6.45, 7) is 3.79. The summed E-state index contributed by atoms with van der Waals surface area (Å²) < 4.78 is 38.8. The monoisotopic (exact) mass is 302 g/mol. The normalized spacial score (nSPS) is 11.6. The van der Waals surface area contributed by atoms with Crippen LogP contribution in [0.3, 0.4) is 0 Å². The van der Waals surface area contributed by atoms with E-state index in [2.05, 4.69) is 6.58 Å². The SMILES string of the molecule is C=CCCCN(C)S(=O)(=O)c1ccc([N+](=O)[O-])c(F)c1. The molecule has 1 aromatic rings. The first-order chi connectivity index (χ1) is 9.30. The van der Waals surface area contributed by atoms with Gasteiger partial charge in [0.25, 0.3) is 0 Å². The van der Waals surface area contributed by atoms with E-state index in [4.69, 9.17) is 0 Å². The Balaban J connectivity index is 3.01. The molecule has 0 saturated heterocycles. The van der Waals surface area contributed by atoms with E-state index in [-0.39, 0.29) is 11.4 Å². The molecule has 0 radical (unpaired) electrons. The quantitative estimate of drug-likeness (QED) is 0.335. The predicted octanol–water partition coefficient (Wildman–Crippen LogP) is 2.32. The van der Waals surface area contributed by atoms with Crippen molar-refractivity contribution in [2.24, 2.45) is 0 Å². The molecule has 0 amide bonds. The van der Waals surface area contributed by atoms with Crippen LogP contribution < -0.4 is 0 Å². The molecule has 8 heteroatoms. The Bertz CT molecular complexity index is 616. The molecule has 0 aliphatic carbocycles. The van der Waals surface area contributed by atoms with Crippen LogP contribution >= 0.6 is 0 Å². The highest BCUT2D eigenvalue weighted by atomic mass is 32.2. The highest BCUT2D eigenvalue weighted by molar-refractivity contribution is 7.89. The van der Waals surface area contributed by atoms with Crippen LogP contribution in [0.5, 0.6) is 0 Å². The fourth-order valence-electron chi connectivity index (χ4n) is 1.55. The molecule has 20 heavy (non-hydrogen) atoms. The van der Waals surface area contributed by atoms with Crippen LogP contribution in [0, 0.1) is 15.9 Å². The third-order valence-corrected chi connectivity index (χ3v) is 4.56. The molecule has 0 heterocycles. The number of unbranched alkanes of at least 4 members (excludes halogenated alkanes) is 1. The lowest BCUT2D eigenvalue weighted by atomic mass is 10.3. The maximum atomic E-state index is 13.5. The van der Waals surface area contributed by atoms with Gasteiger partial charge < -0.3 is 0 Å². The molecule has 0 spiro atoms. The molecular weight excluding hydrogens is 287 g/mol. The van der Waals surface area contributed by atoms with Crippen molar-refractivity contribution in [2.45, 2.75) is 17.7 Å². The summed E-state index contributed by atoms with van der Waals surface area (Å²) in [7, 11) is -2.48. The highest BCUT2D eigenvalue weighted by Crippen LogP contribution is 2.22. The number of sulfonamides is 1. The first-order valence-corrected chi connectivity index (χ1v) is 7.26. The molecule has 0 N–H and O–H groups in total. The Morgan fingerprint density at radius 1 is 1.50 bits per heavy atom. The number of nitrogens with zero attached hydrogens (tertiary/aromatic N) is 2. The molecule has 0 aromatic heterocycles. The molecule has 1 rings (SSSR count). The van der Waals surface area contributed by atoms with Crippen molar-refractivity contribution < 1.29 is 17.7 Å². The largest absolute Gasteiger partial charge is 0.304 e. The van der Waals surface area contributed by atoms with Crippen molar-refractivity contribution in [1.82, 2.24) is 4.31 Å². The number of nitro groups is 1. The van der Waals surface area contributed by atoms with Gasteiger partial charge >= 0.3 is 5.69 Å². The van der Waals surface area contributed by atoms with Crippen molar-refractivity contribution in [2.75, 3.05) is 13.6 Å². The van der Waals surface area contributed by atoms with Crippen LogP contribution in [0.4, 0.5) is 10.1 Å². The van der Waals surface area contributed by atoms with Crippen LogP contribution in [0.15, 0.2) is 35.7 Å². The molecular formula is C12H15FN2O4S. The Morgan fingerprint density at radius 3 is 2.65 bits per heavy atom. The highest BCUT2D eigenvalue weighted by Gasteiger charge is 2.24. The number of halogens is 1. The maximum absolute atomic E-state index is 13.5. The third kappa shape index (κ3) is 3.61. The number of rotatable bonds is 7. The zero-order chi connectivity index (χ0) is 15.3. The molecule has 6 nitrogen and oxygen atoms in total. The van der Waals surface area contributed by atoms with Gasteiger partial charge in [-0.05, 0) is 18.9 Å². The molecule has 0 fully saturated rings. The van der Waals surface area contributed by atoms with Crippen molar-refractivity contribution in [3.05, 3.63) is 46.8 Å². The van der Waals surface area contributed by atoms with E-state index in [1.807, 2.05) is 0 Å². The molecule has 0 aliphatic heterocycles. The summed E-state index contributed by atoms with van der Waals surface area (Å²) in [5.41, 5.74) is -0.752. The van der Waals surface area contributed by atoms with Gasteiger partial charge in [-0.3, -0.25) is 10.1 Å². The van der Waals surface area contributed by atoms with Gasteiger partial charge in [0.1, 0.15) is 0 Å². The van der Waals surface area contributed by atoms with Crippen LogP contribution in [0.25, 0.3) is 0 Å². The average molecular weight is 302 g/mol. The number of benzene rings is 1. The van der Waals surface area contributed by atoms with E-state index in [1.165, 1.54) is 7.05 Å². The van der Waals surface area contributed by atoms with Gasteiger partial charge in [-0.1, -0.05) is 6.08 Å². The summed E-state index contributed by atoms with van der Waals surface area (Å²) in [4.78, 5) is 9.28. The molecule has 0 aliphatic rings. The number of hydrogen-bond acceptors (Lipinski definition) is 4. The average Bonchev–Trinajstić information content (AvgIpc) is 2.38. The minimum absolute atomic E-state index is 0.257. The third-order valence-electron chi connectivity index (χ3n) is 2.71. The molecule has 110 valence electrons. The van der Waals surface area contributed by atoms with Crippen LogP contribution in [-0.2, 0) is 10.0 Å². The fraction of sp³-hybridized carbons (Fsp3) is 0.333. The first-order valence-electron chi connectivity index (χ1n) is 5.82. The van der Waals surface area contributed by atoms with Gasteiger partial charge in [-0.25, -0.2) is 12.7 Å². The zero-order valence-corrected chi connectivity index (χ0v) is 11.8. The molecule has 0 atom stereocenters. The van der Waals surface area contributed by atoms with Crippen molar-refractivity contribution in [3.63, 3.8) is 0 Å². The van der Waals surface area contributed by atoms with Gasteiger partial charge in [0, 0.05) is 25.7 Å². The Kier molecular flexibility index (Phi) is 5.34. The van der Waals surface area contributed by atoms with Gasteiger partial charge in [0.15, 0.2) is 0 Å². The summed E-state index contributed by atoms with van der Waals surface area (Å²) in [5, 5.41) is 10.5. The van der Waals surface area contributed by atoms with Crippen LogP contribution in [-0.4, -0.2) is 31.2 Å². The lowest BCUT2D eigenvalue weighted by Crippen LogP contribution is -2.28. The standard InChI is InChI=1S/C12H15FN2O4S/c1-3-4-5-8-14(2)20(18,19)10-6-7-12(15(16)17)11(13)9-10/h3,6-7,9H,1,4-5,8H2,2H3.